The van der Waals surface area contributed by atoms with E-state index in [1.54, 1.807) is 50.4 Å². The molecule has 1 atom stereocenters. The highest BCUT2D eigenvalue weighted by Crippen LogP contribution is 2.41. The number of methoxy groups -OCH3 is 1. The van der Waals surface area contributed by atoms with Gasteiger partial charge in [0.1, 0.15) is 5.75 Å². The summed E-state index contributed by atoms with van der Waals surface area (Å²) >= 11 is 12.9. The molecule has 6 nitrogen and oxygen atoms in total. The van der Waals surface area contributed by atoms with Crippen LogP contribution in [0.5, 0.6) is 5.75 Å². The third-order valence-corrected chi connectivity index (χ3v) is 7.28. The Morgan fingerprint density at radius 3 is 2.28 bits per heavy atom. The summed E-state index contributed by atoms with van der Waals surface area (Å²) in [4.78, 5) is 12.8. The minimum absolute atomic E-state index is 0.258. The maximum absolute atomic E-state index is 12.3. The van der Waals surface area contributed by atoms with Crippen molar-refractivity contribution in [1.29, 1.82) is 4.78 Å². The SMILES string of the molecule is CCS(=N)(=O)c1ccc(CNC(=O)Nc2cc(Cl)c(-c3ccccc3OC)c(Cl)c2)cc1. The van der Waals surface area contributed by atoms with Crippen molar-refractivity contribution < 1.29 is 13.7 Å². The van der Waals surface area contributed by atoms with Gasteiger partial charge in [0.2, 0.25) is 0 Å². The van der Waals surface area contributed by atoms with Crippen molar-refractivity contribution in [2.24, 2.45) is 0 Å². The fraction of sp³-hybridized carbons (Fsp3) is 0.174. The summed E-state index contributed by atoms with van der Waals surface area (Å²) in [6, 6.07) is 17.0. The van der Waals surface area contributed by atoms with E-state index in [0.29, 0.717) is 31.9 Å². The lowest BCUT2D eigenvalue weighted by atomic mass is 10.0. The van der Waals surface area contributed by atoms with Gasteiger partial charge in [0, 0.05) is 34.0 Å². The van der Waals surface area contributed by atoms with Gasteiger partial charge in [-0.15, -0.1) is 0 Å². The number of rotatable bonds is 7. The van der Waals surface area contributed by atoms with Crippen LogP contribution >= 0.6 is 23.2 Å². The smallest absolute Gasteiger partial charge is 0.319 e. The summed E-state index contributed by atoms with van der Waals surface area (Å²) in [7, 11) is -1.18. The van der Waals surface area contributed by atoms with Gasteiger partial charge in [-0.1, -0.05) is 60.5 Å². The quantitative estimate of drug-likeness (QED) is 0.356. The molecule has 0 heterocycles. The summed E-state index contributed by atoms with van der Waals surface area (Å²) in [6.45, 7) is 1.98. The van der Waals surface area contributed by atoms with Crippen LogP contribution in [0.2, 0.25) is 10.0 Å². The Balaban J connectivity index is 1.68. The van der Waals surface area contributed by atoms with Crippen LogP contribution in [0.25, 0.3) is 11.1 Å². The third-order valence-electron chi connectivity index (χ3n) is 4.84. The van der Waals surface area contributed by atoms with Gasteiger partial charge in [0.05, 0.1) is 26.9 Å². The van der Waals surface area contributed by atoms with Gasteiger partial charge in [-0.3, -0.25) is 0 Å². The van der Waals surface area contributed by atoms with Crippen LogP contribution in [0.1, 0.15) is 12.5 Å². The van der Waals surface area contributed by atoms with Crippen LogP contribution < -0.4 is 15.4 Å². The van der Waals surface area contributed by atoms with Crippen LogP contribution in [-0.2, 0) is 16.3 Å². The molecule has 1 unspecified atom stereocenters. The third kappa shape index (κ3) is 5.54. The molecule has 0 aliphatic heterocycles. The maximum Gasteiger partial charge on any atom is 0.319 e. The predicted octanol–water partition coefficient (Wildman–Crippen LogP) is 6.42. The van der Waals surface area contributed by atoms with Crippen molar-refractivity contribution in [2.45, 2.75) is 18.4 Å². The number of ether oxygens (including phenoxy) is 1. The molecule has 0 saturated heterocycles. The molecule has 32 heavy (non-hydrogen) atoms. The second-order valence-corrected chi connectivity index (χ2v) is 10.1. The van der Waals surface area contributed by atoms with E-state index in [2.05, 4.69) is 10.6 Å². The Labute approximate surface area is 197 Å². The molecule has 0 bridgehead atoms. The van der Waals surface area contributed by atoms with Crippen molar-refractivity contribution in [3.63, 3.8) is 0 Å². The monoisotopic (exact) mass is 491 g/mol. The summed E-state index contributed by atoms with van der Waals surface area (Å²) in [5, 5.41) is 6.22. The van der Waals surface area contributed by atoms with Gasteiger partial charge in [-0.25, -0.2) is 13.8 Å². The van der Waals surface area contributed by atoms with Crippen molar-refractivity contribution >= 4 is 44.6 Å². The molecular weight excluding hydrogens is 469 g/mol. The van der Waals surface area contributed by atoms with Crippen molar-refractivity contribution in [3.8, 4) is 16.9 Å². The second-order valence-electron chi connectivity index (χ2n) is 6.93. The highest BCUT2D eigenvalue weighted by molar-refractivity contribution is 7.92. The minimum atomic E-state index is -2.76. The number of carbonyl (C=O) groups excluding carboxylic acids is 1. The van der Waals surface area contributed by atoms with Gasteiger partial charge in [0.25, 0.3) is 0 Å². The number of amides is 2. The largest absolute Gasteiger partial charge is 0.496 e. The zero-order valence-corrected chi connectivity index (χ0v) is 19.9. The van der Waals surface area contributed by atoms with Crippen molar-refractivity contribution in [3.05, 3.63) is 76.3 Å². The predicted molar refractivity (Wildman–Crippen MR) is 130 cm³/mol. The lowest BCUT2D eigenvalue weighted by molar-refractivity contribution is 0.251. The molecule has 0 saturated carbocycles. The normalized spacial score (nSPS) is 12.6. The highest BCUT2D eigenvalue weighted by Gasteiger charge is 2.15. The number of hydrogen-bond acceptors (Lipinski definition) is 4. The zero-order chi connectivity index (χ0) is 23.3. The molecule has 3 aromatic carbocycles. The second kappa shape index (κ2) is 10.3. The van der Waals surface area contributed by atoms with Crippen LogP contribution in [-0.4, -0.2) is 23.1 Å². The molecular formula is C23H23Cl2N3O3S. The minimum Gasteiger partial charge on any atom is -0.496 e. The molecule has 3 rings (SSSR count). The first-order valence-corrected chi connectivity index (χ1v) is 12.3. The zero-order valence-electron chi connectivity index (χ0n) is 17.6. The number of hydrogen-bond donors (Lipinski definition) is 3. The molecule has 0 aliphatic carbocycles. The Morgan fingerprint density at radius 2 is 1.69 bits per heavy atom. The molecule has 2 amide bonds. The molecule has 0 fully saturated rings. The van der Waals surface area contributed by atoms with E-state index in [-0.39, 0.29) is 12.3 Å². The van der Waals surface area contributed by atoms with Crippen molar-refractivity contribution in [1.82, 2.24) is 5.32 Å². The van der Waals surface area contributed by atoms with Crippen LogP contribution in [0.4, 0.5) is 10.5 Å². The molecule has 0 aliphatic rings. The van der Waals surface area contributed by atoms with Crippen LogP contribution in [0.15, 0.2) is 65.6 Å². The average molecular weight is 492 g/mol. The standard InChI is InChI=1S/C23H23Cl2N3O3S/c1-3-32(26,30)17-10-8-15(9-11-17)14-27-23(29)28-16-12-19(24)22(20(25)13-16)18-6-4-5-7-21(18)31-2/h4-13,26H,3,14H2,1-2H3,(H2,27,28,29). The topological polar surface area (TPSA) is 91.3 Å². The molecule has 0 radical (unpaired) electrons. The van der Waals surface area contributed by atoms with E-state index in [0.717, 1.165) is 11.1 Å². The lowest BCUT2D eigenvalue weighted by Gasteiger charge is -2.14. The van der Waals surface area contributed by atoms with E-state index in [9.17, 15) is 9.00 Å². The van der Waals surface area contributed by atoms with Gasteiger partial charge in [0.15, 0.2) is 0 Å². The number of carbonyl (C=O) groups is 1. The molecule has 168 valence electrons. The van der Waals surface area contributed by atoms with E-state index < -0.39 is 15.8 Å². The summed E-state index contributed by atoms with van der Waals surface area (Å²) in [5.41, 5.74) is 2.64. The molecule has 9 heteroatoms. The lowest BCUT2D eigenvalue weighted by Crippen LogP contribution is -2.28. The van der Waals surface area contributed by atoms with E-state index >= 15 is 0 Å². The average Bonchev–Trinajstić information content (AvgIpc) is 2.78. The Kier molecular flexibility index (Phi) is 7.66. The molecule has 3 N–H and O–H groups in total. The van der Waals surface area contributed by atoms with Gasteiger partial charge >= 0.3 is 6.03 Å². The number of para-hydroxylation sites is 1. The Bertz CT molecular complexity index is 1210. The van der Waals surface area contributed by atoms with Gasteiger partial charge in [-0.05, 0) is 35.9 Å². The van der Waals surface area contributed by atoms with Crippen LogP contribution in [0.3, 0.4) is 0 Å². The molecule has 0 spiro atoms. The number of urea groups is 1. The molecule has 3 aromatic rings. The summed E-state index contributed by atoms with van der Waals surface area (Å²) in [5.74, 6) is 0.898. The number of nitrogens with one attached hydrogen (secondary N) is 3. The first kappa shape index (κ1) is 23.9. The number of benzene rings is 3. The fourth-order valence-electron chi connectivity index (χ4n) is 3.11. The van der Waals surface area contributed by atoms with E-state index in [1.165, 1.54) is 0 Å². The Hall–Kier alpha value is -2.74. The number of anilines is 1. The van der Waals surface area contributed by atoms with E-state index in [1.807, 2.05) is 24.3 Å². The number of halogens is 2. The van der Waals surface area contributed by atoms with Gasteiger partial charge < -0.3 is 15.4 Å². The maximum atomic E-state index is 12.3. The van der Waals surface area contributed by atoms with Gasteiger partial charge in [-0.2, -0.15) is 0 Å². The fourth-order valence-corrected chi connectivity index (χ4v) is 4.70. The molecule has 0 aromatic heterocycles. The summed E-state index contributed by atoms with van der Waals surface area (Å²) < 4.78 is 25.3. The van der Waals surface area contributed by atoms with Crippen LogP contribution in [0, 0.1) is 4.78 Å². The van der Waals surface area contributed by atoms with Crippen molar-refractivity contribution in [2.75, 3.05) is 18.2 Å². The summed E-state index contributed by atoms with van der Waals surface area (Å²) in [6.07, 6.45) is 0. The highest BCUT2D eigenvalue weighted by atomic mass is 35.5. The first-order valence-electron chi connectivity index (χ1n) is 9.78. The first-order chi connectivity index (χ1) is 15.2. The Morgan fingerprint density at radius 1 is 1.06 bits per heavy atom. The van der Waals surface area contributed by atoms with E-state index in [4.69, 9.17) is 32.7 Å².